The predicted molar refractivity (Wildman–Crippen MR) is 85.3 cm³/mol. The average molecular weight is 287 g/mol. The molecule has 0 bridgehead atoms. The van der Waals surface area contributed by atoms with Crippen LogP contribution in [-0.4, -0.2) is 36.5 Å². The Morgan fingerprint density at radius 3 is 2.81 bits per heavy atom. The van der Waals surface area contributed by atoms with E-state index >= 15 is 0 Å². The predicted octanol–water partition coefficient (Wildman–Crippen LogP) is 2.08. The van der Waals surface area contributed by atoms with Crippen molar-refractivity contribution in [2.75, 3.05) is 18.5 Å². The van der Waals surface area contributed by atoms with Crippen LogP contribution in [0.2, 0.25) is 0 Å². The van der Waals surface area contributed by atoms with Gasteiger partial charge in [-0.2, -0.15) is 0 Å². The third kappa shape index (κ3) is 2.42. The molecule has 1 fully saturated rings. The number of anilines is 1. The average Bonchev–Trinajstić information content (AvgIpc) is 2.73. The van der Waals surface area contributed by atoms with Crippen LogP contribution in [0.15, 0.2) is 18.2 Å². The lowest BCUT2D eigenvalue weighted by atomic mass is 9.94. The molecule has 2 aliphatic rings. The summed E-state index contributed by atoms with van der Waals surface area (Å²) >= 11 is 0. The zero-order valence-electron chi connectivity index (χ0n) is 13.2. The van der Waals surface area contributed by atoms with E-state index in [1.54, 1.807) is 0 Å². The number of nitrogens with zero attached hydrogens (tertiary/aromatic N) is 2. The lowest BCUT2D eigenvalue weighted by Gasteiger charge is -2.33. The minimum absolute atomic E-state index is 0.0232. The van der Waals surface area contributed by atoms with E-state index < -0.39 is 0 Å². The number of nitrogens with two attached hydrogens (primary N) is 1. The van der Waals surface area contributed by atoms with Gasteiger partial charge < -0.3 is 15.5 Å². The number of likely N-dealkylation sites (tertiary alicyclic amines) is 1. The Morgan fingerprint density at radius 1 is 1.33 bits per heavy atom. The van der Waals surface area contributed by atoms with Crippen LogP contribution in [0.1, 0.15) is 43.9 Å². The van der Waals surface area contributed by atoms with E-state index in [1.165, 1.54) is 23.2 Å². The standard InChI is InChI=1S/C17H25N3O/c1-11(2)20-16(21)10-14(18)17(20)13-6-7-15-12(9-13)5-4-8-19(15)3/h6-7,9,11,14,17H,4-5,8,10,18H2,1-3H3. The number of amides is 1. The molecule has 4 nitrogen and oxygen atoms in total. The first-order chi connectivity index (χ1) is 9.99. The van der Waals surface area contributed by atoms with Crippen LogP contribution in [0.25, 0.3) is 0 Å². The number of benzene rings is 1. The molecule has 0 aromatic heterocycles. The van der Waals surface area contributed by atoms with Gasteiger partial charge in [-0.3, -0.25) is 4.79 Å². The van der Waals surface area contributed by atoms with Gasteiger partial charge in [0.15, 0.2) is 0 Å². The third-order valence-corrected chi connectivity index (χ3v) is 4.76. The van der Waals surface area contributed by atoms with Gasteiger partial charge in [-0.15, -0.1) is 0 Å². The largest absolute Gasteiger partial charge is 0.374 e. The molecule has 1 aromatic carbocycles. The summed E-state index contributed by atoms with van der Waals surface area (Å²) in [7, 11) is 2.14. The number of fused-ring (bicyclic) bond motifs is 1. The van der Waals surface area contributed by atoms with Gasteiger partial charge >= 0.3 is 0 Å². The highest BCUT2D eigenvalue weighted by Gasteiger charge is 2.40. The lowest BCUT2D eigenvalue weighted by molar-refractivity contribution is -0.130. The Kier molecular flexibility index (Phi) is 3.66. The van der Waals surface area contributed by atoms with E-state index in [2.05, 4.69) is 44.0 Å². The summed E-state index contributed by atoms with van der Waals surface area (Å²) in [6.07, 6.45) is 2.77. The number of hydrogen-bond donors (Lipinski definition) is 1. The molecule has 3 rings (SSSR count). The summed E-state index contributed by atoms with van der Waals surface area (Å²) in [5.41, 5.74) is 10.2. The summed E-state index contributed by atoms with van der Waals surface area (Å²) in [6.45, 7) is 5.25. The van der Waals surface area contributed by atoms with Gasteiger partial charge in [-0.05, 0) is 43.9 Å². The monoisotopic (exact) mass is 287 g/mol. The van der Waals surface area contributed by atoms with Crippen LogP contribution in [-0.2, 0) is 11.2 Å². The summed E-state index contributed by atoms with van der Waals surface area (Å²) in [5.74, 6) is 0.178. The maximum absolute atomic E-state index is 12.2. The Bertz CT molecular complexity index is 555. The molecule has 0 spiro atoms. The summed E-state index contributed by atoms with van der Waals surface area (Å²) in [4.78, 5) is 16.5. The first-order valence-electron chi connectivity index (χ1n) is 7.89. The molecular formula is C17H25N3O. The number of rotatable bonds is 2. The Balaban J connectivity index is 1.98. The highest BCUT2D eigenvalue weighted by atomic mass is 16.2. The van der Waals surface area contributed by atoms with Crippen LogP contribution in [0.4, 0.5) is 5.69 Å². The fraction of sp³-hybridized carbons (Fsp3) is 0.588. The second-order valence-corrected chi connectivity index (χ2v) is 6.62. The lowest BCUT2D eigenvalue weighted by Crippen LogP contribution is -2.37. The normalized spacial score (nSPS) is 25.7. The van der Waals surface area contributed by atoms with Gasteiger partial charge in [-0.1, -0.05) is 12.1 Å². The van der Waals surface area contributed by atoms with Crippen LogP contribution < -0.4 is 10.6 Å². The van der Waals surface area contributed by atoms with Crippen molar-refractivity contribution in [3.8, 4) is 0 Å². The van der Waals surface area contributed by atoms with Crippen molar-refractivity contribution >= 4 is 11.6 Å². The second-order valence-electron chi connectivity index (χ2n) is 6.62. The van der Waals surface area contributed by atoms with Crippen molar-refractivity contribution in [2.24, 2.45) is 5.73 Å². The van der Waals surface area contributed by atoms with Crippen molar-refractivity contribution in [1.82, 2.24) is 4.90 Å². The van der Waals surface area contributed by atoms with Gasteiger partial charge in [0, 0.05) is 37.8 Å². The van der Waals surface area contributed by atoms with Gasteiger partial charge in [0.1, 0.15) is 0 Å². The van der Waals surface area contributed by atoms with Crippen LogP contribution >= 0.6 is 0 Å². The number of carbonyl (C=O) groups excluding carboxylic acids is 1. The van der Waals surface area contributed by atoms with Crippen LogP contribution in [0.3, 0.4) is 0 Å². The summed E-state index contributed by atoms with van der Waals surface area (Å²) < 4.78 is 0. The maximum Gasteiger partial charge on any atom is 0.225 e. The van der Waals surface area contributed by atoms with Crippen molar-refractivity contribution < 1.29 is 4.79 Å². The molecule has 1 saturated heterocycles. The minimum Gasteiger partial charge on any atom is -0.374 e. The molecule has 0 saturated carbocycles. The first-order valence-corrected chi connectivity index (χ1v) is 7.89. The van der Waals surface area contributed by atoms with Crippen molar-refractivity contribution in [1.29, 1.82) is 0 Å². The van der Waals surface area contributed by atoms with Gasteiger partial charge in [0.25, 0.3) is 0 Å². The minimum atomic E-state index is -0.0979. The van der Waals surface area contributed by atoms with Gasteiger partial charge in [0.2, 0.25) is 5.91 Å². The number of aryl methyl sites for hydroxylation is 1. The highest BCUT2D eigenvalue weighted by Crippen LogP contribution is 2.36. The third-order valence-electron chi connectivity index (χ3n) is 4.76. The molecule has 2 unspecified atom stereocenters. The van der Waals surface area contributed by atoms with Crippen molar-refractivity contribution in [3.63, 3.8) is 0 Å². The molecular weight excluding hydrogens is 262 g/mol. The second kappa shape index (κ2) is 5.34. The number of carbonyl (C=O) groups is 1. The van der Waals surface area contributed by atoms with Gasteiger partial charge in [-0.25, -0.2) is 0 Å². The topological polar surface area (TPSA) is 49.6 Å². The van der Waals surface area contributed by atoms with E-state index in [1.807, 2.05) is 4.90 Å². The van der Waals surface area contributed by atoms with E-state index in [0.717, 1.165) is 13.0 Å². The zero-order valence-corrected chi connectivity index (χ0v) is 13.2. The van der Waals surface area contributed by atoms with E-state index in [-0.39, 0.29) is 24.0 Å². The Morgan fingerprint density at radius 2 is 2.10 bits per heavy atom. The zero-order chi connectivity index (χ0) is 15.1. The van der Waals surface area contributed by atoms with E-state index in [4.69, 9.17) is 5.73 Å². The maximum atomic E-state index is 12.2. The molecule has 2 aliphatic heterocycles. The SMILES string of the molecule is CC(C)N1C(=O)CC(N)C1c1ccc2c(c1)CCCN2C. The molecule has 1 amide bonds. The fourth-order valence-corrected chi connectivity index (χ4v) is 3.79. The Labute approximate surface area is 126 Å². The molecule has 21 heavy (non-hydrogen) atoms. The van der Waals surface area contributed by atoms with Crippen molar-refractivity contribution in [3.05, 3.63) is 29.3 Å². The molecule has 1 aromatic rings. The van der Waals surface area contributed by atoms with E-state index in [9.17, 15) is 4.79 Å². The van der Waals surface area contributed by atoms with E-state index in [0.29, 0.717) is 6.42 Å². The molecule has 4 heteroatoms. The summed E-state index contributed by atoms with van der Waals surface area (Å²) in [6, 6.07) is 6.73. The van der Waals surface area contributed by atoms with Gasteiger partial charge in [0.05, 0.1) is 6.04 Å². The molecule has 0 radical (unpaired) electrons. The molecule has 2 N–H and O–H groups in total. The highest BCUT2D eigenvalue weighted by molar-refractivity contribution is 5.80. The first kappa shape index (κ1) is 14.4. The fourth-order valence-electron chi connectivity index (χ4n) is 3.79. The number of hydrogen-bond acceptors (Lipinski definition) is 3. The quantitative estimate of drug-likeness (QED) is 0.906. The molecule has 2 heterocycles. The van der Waals surface area contributed by atoms with Crippen LogP contribution in [0, 0.1) is 0 Å². The molecule has 2 atom stereocenters. The summed E-state index contributed by atoms with van der Waals surface area (Å²) in [5, 5.41) is 0. The van der Waals surface area contributed by atoms with Crippen LogP contribution in [0.5, 0.6) is 0 Å². The van der Waals surface area contributed by atoms with Crippen molar-refractivity contribution in [2.45, 2.75) is 51.2 Å². The molecule has 114 valence electrons. The smallest absolute Gasteiger partial charge is 0.225 e. The molecule has 0 aliphatic carbocycles. The Hall–Kier alpha value is -1.55.